The van der Waals surface area contributed by atoms with E-state index < -0.39 is 0 Å². The number of ether oxygens (including phenoxy) is 2. The number of halogens is 1. The van der Waals surface area contributed by atoms with Gasteiger partial charge in [0, 0.05) is 6.54 Å². The van der Waals surface area contributed by atoms with Crippen molar-refractivity contribution in [3.05, 3.63) is 24.3 Å². The molecule has 1 aliphatic rings. The minimum atomic E-state index is -0.145. The molecular formula is C14H18ClNO3. The molecular weight excluding hydrogens is 266 g/mol. The number of rotatable bonds is 5. The number of para-hydroxylation sites is 2. The summed E-state index contributed by atoms with van der Waals surface area (Å²) in [6.45, 7) is 3.68. The number of benzene rings is 1. The molecule has 0 saturated heterocycles. The molecule has 0 fully saturated rings. The third-order valence-electron chi connectivity index (χ3n) is 2.95. The lowest BCUT2D eigenvalue weighted by Gasteiger charge is -2.31. The first kappa shape index (κ1) is 14.0. The van der Waals surface area contributed by atoms with Gasteiger partial charge < -0.3 is 14.4 Å². The minimum Gasteiger partial charge on any atom is -0.486 e. The van der Waals surface area contributed by atoms with E-state index in [1.165, 1.54) is 0 Å². The van der Waals surface area contributed by atoms with Crippen molar-refractivity contribution in [3.63, 3.8) is 0 Å². The number of carbonyl (C=O) groups is 1. The highest BCUT2D eigenvalue weighted by Gasteiger charge is 2.24. The molecule has 0 aromatic heterocycles. The van der Waals surface area contributed by atoms with Crippen LogP contribution in [0.15, 0.2) is 24.3 Å². The highest BCUT2D eigenvalue weighted by Crippen LogP contribution is 2.31. The maximum Gasteiger partial charge on any atom is 0.237 e. The number of fused-ring (bicyclic) bond motifs is 1. The summed E-state index contributed by atoms with van der Waals surface area (Å²) in [4.78, 5) is 13.4. The molecule has 1 unspecified atom stereocenters. The zero-order chi connectivity index (χ0) is 13.7. The van der Waals surface area contributed by atoms with Crippen molar-refractivity contribution in [3.8, 4) is 11.5 Å². The Balaban J connectivity index is 1.98. The summed E-state index contributed by atoms with van der Waals surface area (Å²) in [6, 6.07) is 7.55. The van der Waals surface area contributed by atoms with Crippen LogP contribution in [0.5, 0.6) is 11.5 Å². The van der Waals surface area contributed by atoms with Crippen LogP contribution in [0.3, 0.4) is 0 Å². The predicted octanol–water partition coefficient (Wildman–Crippen LogP) is 2.30. The summed E-state index contributed by atoms with van der Waals surface area (Å²) in [6.07, 6.45) is 0.751. The van der Waals surface area contributed by atoms with Gasteiger partial charge in [-0.05, 0) is 18.6 Å². The van der Waals surface area contributed by atoms with Crippen molar-refractivity contribution in [2.45, 2.75) is 19.4 Å². The Morgan fingerprint density at radius 1 is 1.42 bits per heavy atom. The van der Waals surface area contributed by atoms with Crippen LogP contribution in [0.25, 0.3) is 0 Å². The highest BCUT2D eigenvalue weighted by atomic mass is 35.5. The second-order valence-corrected chi connectivity index (χ2v) is 4.74. The maximum absolute atomic E-state index is 11.7. The highest BCUT2D eigenvalue weighted by molar-refractivity contribution is 6.27. The van der Waals surface area contributed by atoms with Gasteiger partial charge in [0.15, 0.2) is 17.6 Å². The summed E-state index contributed by atoms with van der Waals surface area (Å²) in [5, 5.41) is 0. The maximum atomic E-state index is 11.7. The average molecular weight is 284 g/mol. The monoisotopic (exact) mass is 283 g/mol. The van der Waals surface area contributed by atoms with E-state index >= 15 is 0 Å². The molecule has 19 heavy (non-hydrogen) atoms. The van der Waals surface area contributed by atoms with Crippen LogP contribution >= 0.6 is 11.6 Å². The van der Waals surface area contributed by atoms with Crippen LogP contribution in [-0.2, 0) is 4.79 Å². The number of hydrogen-bond acceptors (Lipinski definition) is 3. The molecule has 1 aromatic rings. The van der Waals surface area contributed by atoms with Gasteiger partial charge in [-0.25, -0.2) is 0 Å². The molecule has 1 aliphatic heterocycles. The van der Waals surface area contributed by atoms with E-state index in [0.29, 0.717) is 19.7 Å². The smallest absolute Gasteiger partial charge is 0.237 e. The number of alkyl halides is 1. The lowest BCUT2D eigenvalue weighted by Crippen LogP contribution is -2.44. The van der Waals surface area contributed by atoms with Gasteiger partial charge in [0.05, 0.1) is 6.54 Å². The Kier molecular flexibility index (Phi) is 4.91. The first-order valence-corrected chi connectivity index (χ1v) is 7.00. The van der Waals surface area contributed by atoms with E-state index in [1.54, 1.807) is 4.90 Å². The topological polar surface area (TPSA) is 38.8 Å². The zero-order valence-electron chi connectivity index (χ0n) is 11.0. The lowest BCUT2D eigenvalue weighted by atomic mass is 10.2. The van der Waals surface area contributed by atoms with E-state index in [4.69, 9.17) is 21.1 Å². The van der Waals surface area contributed by atoms with Gasteiger partial charge >= 0.3 is 0 Å². The standard InChI is InChI=1S/C14H18ClNO3/c1-2-7-16(14(17)8-15)9-11-10-18-12-5-3-4-6-13(12)19-11/h3-6,11H,2,7-10H2,1H3. The van der Waals surface area contributed by atoms with Crippen molar-refractivity contribution < 1.29 is 14.3 Å². The Morgan fingerprint density at radius 2 is 2.16 bits per heavy atom. The Hall–Kier alpha value is -1.42. The van der Waals surface area contributed by atoms with E-state index in [2.05, 4.69) is 0 Å². The average Bonchev–Trinajstić information content (AvgIpc) is 2.46. The predicted molar refractivity (Wildman–Crippen MR) is 73.9 cm³/mol. The summed E-state index contributed by atoms with van der Waals surface area (Å²) in [5.41, 5.74) is 0. The molecule has 2 rings (SSSR count). The van der Waals surface area contributed by atoms with Crippen LogP contribution in [0, 0.1) is 0 Å². The summed E-state index contributed by atoms with van der Waals surface area (Å²) < 4.78 is 11.5. The zero-order valence-corrected chi connectivity index (χ0v) is 11.7. The lowest BCUT2D eigenvalue weighted by molar-refractivity contribution is -0.130. The molecule has 0 radical (unpaired) electrons. The quantitative estimate of drug-likeness (QED) is 0.779. The molecule has 5 heteroatoms. The van der Waals surface area contributed by atoms with Crippen molar-refractivity contribution in [1.29, 1.82) is 0 Å². The summed E-state index contributed by atoms with van der Waals surface area (Å²) in [5.74, 6) is 1.42. The summed E-state index contributed by atoms with van der Waals surface area (Å²) >= 11 is 5.62. The third-order valence-corrected chi connectivity index (χ3v) is 3.18. The van der Waals surface area contributed by atoms with Crippen LogP contribution in [0.2, 0.25) is 0 Å². The van der Waals surface area contributed by atoms with E-state index in [9.17, 15) is 4.79 Å². The first-order valence-electron chi connectivity index (χ1n) is 6.46. The number of nitrogens with zero attached hydrogens (tertiary/aromatic N) is 1. The van der Waals surface area contributed by atoms with Gasteiger partial charge in [0.25, 0.3) is 0 Å². The Morgan fingerprint density at radius 3 is 2.84 bits per heavy atom. The molecule has 1 atom stereocenters. The molecule has 0 N–H and O–H groups in total. The molecule has 1 aromatic carbocycles. The molecule has 104 valence electrons. The molecule has 1 heterocycles. The SMILES string of the molecule is CCCN(CC1COc2ccccc2O1)C(=O)CCl. The first-order chi connectivity index (χ1) is 9.24. The second kappa shape index (κ2) is 6.66. The van der Waals surface area contributed by atoms with Gasteiger partial charge in [0.1, 0.15) is 12.5 Å². The number of amides is 1. The van der Waals surface area contributed by atoms with Crippen molar-refractivity contribution >= 4 is 17.5 Å². The fraction of sp³-hybridized carbons (Fsp3) is 0.500. The van der Waals surface area contributed by atoms with Crippen molar-refractivity contribution in [2.75, 3.05) is 25.6 Å². The summed E-state index contributed by atoms with van der Waals surface area (Å²) in [7, 11) is 0. The van der Waals surface area contributed by atoms with Crippen LogP contribution in [0.1, 0.15) is 13.3 Å². The second-order valence-electron chi connectivity index (χ2n) is 4.47. The Labute approximate surface area is 118 Å². The van der Waals surface area contributed by atoms with Crippen LogP contribution in [0.4, 0.5) is 0 Å². The minimum absolute atomic E-state index is 0.00413. The van der Waals surface area contributed by atoms with E-state index in [1.807, 2.05) is 31.2 Å². The Bertz CT molecular complexity index is 438. The van der Waals surface area contributed by atoms with Crippen LogP contribution in [-0.4, -0.2) is 42.5 Å². The van der Waals surface area contributed by atoms with E-state index in [0.717, 1.165) is 17.9 Å². The largest absolute Gasteiger partial charge is 0.486 e. The van der Waals surface area contributed by atoms with Crippen molar-refractivity contribution in [1.82, 2.24) is 4.90 Å². The van der Waals surface area contributed by atoms with E-state index in [-0.39, 0.29) is 17.9 Å². The van der Waals surface area contributed by atoms with Gasteiger partial charge in [-0.3, -0.25) is 4.79 Å². The number of carbonyl (C=O) groups excluding carboxylic acids is 1. The van der Waals surface area contributed by atoms with Gasteiger partial charge in [0.2, 0.25) is 5.91 Å². The van der Waals surface area contributed by atoms with Crippen molar-refractivity contribution in [2.24, 2.45) is 0 Å². The fourth-order valence-electron chi connectivity index (χ4n) is 2.07. The molecule has 0 spiro atoms. The molecule has 4 nitrogen and oxygen atoms in total. The fourth-order valence-corrected chi connectivity index (χ4v) is 2.24. The molecule has 1 amide bonds. The third kappa shape index (κ3) is 3.53. The molecule has 0 saturated carbocycles. The van der Waals surface area contributed by atoms with Gasteiger partial charge in [-0.15, -0.1) is 11.6 Å². The molecule has 0 aliphatic carbocycles. The number of hydrogen-bond donors (Lipinski definition) is 0. The normalized spacial score (nSPS) is 17.1. The van der Waals surface area contributed by atoms with Gasteiger partial charge in [-0.1, -0.05) is 19.1 Å². The molecule has 0 bridgehead atoms. The van der Waals surface area contributed by atoms with Crippen LogP contribution < -0.4 is 9.47 Å². The van der Waals surface area contributed by atoms with Gasteiger partial charge in [-0.2, -0.15) is 0 Å².